The van der Waals surface area contributed by atoms with Gasteiger partial charge in [0.1, 0.15) is 17.1 Å². The third-order valence-corrected chi connectivity index (χ3v) is 9.11. The van der Waals surface area contributed by atoms with Gasteiger partial charge < -0.3 is 20.1 Å². The maximum Gasteiger partial charge on any atom is 0.251 e. The van der Waals surface area contributed by atoms with Gasteiger partial charge in [0.05, 0.1) is 25.1 Å². The first-order chi connectivity index (χ1) is 19.2. The number of carbonyl (C=O) groups excluding carboxylic acids is 2. The first kappa shape index (κ1) is 26.7. The molecule has 7 aliphatic heterocycles. The van der Waals surface area contributed by atoms with Crippen LogP contribution in [-0.2, 0) is 11.2 Å². The fourth-order valence-corrected chi connectivity index (χ4v) is 6.90. The van der Waals surface area contributed by atoms with Crippen LogP contribution in [0.5, 0.6) is 11.5 Å². The maximum absolute atomic E-state index is 13.7. The van der Waals surface area contributed by atoms with Gasteiger partial charge in [0, 0.05) is 35.1 Å². The van der Waals surface area contributed by atoms with Gasteiger partial charge in [-0.15, -0.1) is 0 Å². The van der Waals surface area contributed by atoms with Crippen LogP contribution in [0.2, 0.25) is 0 Å². The van der Waals surface area contributed by atoms with Crippen molar-refractivity contribution in [2.24, 2.45) is 0 Å². The van der Waals surface area contributed by atoms with Gasteiger partial charge in [0.2, 0.25) is 5.91 Å². The summed E-state index contributed by atoms with van der Waals surface area (Å²) in [6, 6.07) is 11.3. The summed E-state index contributed by atoms with van der Waals surface area (Å²) in [6.45, 7) is 6.68. The molecule has 0 aromatic heterocycles. The van der Waals surface area contributed by atoms with Crippen LogP contribution in [0.4, 0.5) is 0 Å². The zero-order valence-electron chi connectivity index (χ0n) is 23.8. The van der Waals surface area contributed by atoms with Crippen LogP contribution in [0.1, 0.15) is 111 Å². The number of hydrogen-bond donors (Lipinski definition) is 3. The average Bonchev–Trinajstić information content (AvgIpc) is 2.91. The molecule has 212 valence electrons. The first-order valence-electron chi connectivity index (χ1n) is 14.8. The molecule has 0 spiro atoms. The lowest BCUT2D eigenvalue weighted by atomic mass is 9.83. The molecule has 3 N–H and O–H groups in total. The van der Waals surface area contributed by atoms with E-state index in [4.69, 9.17) is 14.9 Å². The summed E-state index contributed by atoms with van der Waals surface area (Å²) < 4.78 is 12.3. The molecule has 0 aliphatic carbocycles. The number of nitrogens with zero attached hydrogens (tertiary/aromatic N) is 1. The van der Waals surface area contributed by atoms with E-state index in [2.05, 4.69) is 49.6 Å². The van der Waals surface area contributed by atoms with Gasteiger partial charge >= 0.3 is 0 Å². The largest absolute Gasteiger partial charge is 0.493 e. The van der Waals surface area contributed by atoms with Gasteiger partial charge in [-0.3, -0.25) is 19.9 Å². The van der Waals surface area contributed by atoms with E-state index < -0.39 is 11.1 Å². The number of nitrogens with one attached hydrogen (secondary N) is 3. The molecular weight excluding hydrogens is 504 g/mol. The van der Waals surface area contributed by atoms with E-state index in [1.165, 1.54) is 5.56 Å². The second-order valence-corrected chi connectivity index (χ2v) is 12.5. The van der Waals surface area contributed by atoms with Gasteiger partial charge in [-0.05, 0) is 69.4 Å². The van der Waals surface area contributed by atoms with Gasteiger partial charge in [-0.1, -0.05) is 31.9 Å². The third-order valence-electron chi connectivity index (χ3n) is 9.11. The van der Waals surface area contributed by atoms with E-state index in [1.807, 2.05) is 12.1 Å². The van der Waals surface area contributed by atoms with Crippen molar-refractivity contribution < 1.29 is 19.1 Å². The number of rotatable bonds is 1. The zero-order valence-corrected chi connectivity index (χ0v) is 23.8. The maximum atomic E-state index is 13.7. The molecule has 0 radical (unpaired) electrons. The van der Waals surface area contributed by atoms with Crippen molar-refractivity contribution in [3.05, 3.63) is 58.7 Å². The van der Waals surface area contributed by atoms with Crippen LogP contribution in [0, 0.1) is 5.41 Å². The number of guanidine groups is 1. The second-order valence-electron chi connectivity index (χ2n) is 12.5. The van der Waals surface area contributed by atoms with E-state index in [0.717, 1.165) is 55.4 Å². The molecule has 0 saturated carbocycles. The van der Waals surface area contributed by atoms with Crippen molar-refractivity contribution in [3.63, 3.8) is 0 Å². The van der Waals surface area contributed by atoms with E-state index >= 15 is 0 Å². The Labute approximate surface area is 236 Å². The van der Waals surface area contributed by atoms with Crippen molar-refractivity contribution >= 4 is 17.8 Å². The van der Waals surface area contributed by atoms with Gasteiger partial charge in [-0.25, -0.2) is 0 Å². The van der Waals surface area contributed by atoms with E-state index in [1.54, 1.807) is 11.0 Å². The predicted octanol–water partition coefficient (Wildman–Crippen LogP) is 5.56. The molecule has 3 atom stereocenters. The molecule has 0 unspecified atom stereocenters. The normalized spacial score (nSPS) is 27.8. The molecule has 8 nitrogen and oxygen atoms in total. The van der Waals surface area contributed by atoms with Gasteiger partial charge in [0.25, 0.3) is 5.91 Å². The van der Waals surface area contributed by atoms with Crippen molar-refractivity contribution in [3.8, 4) is 11.5 Å². The highest BCUT2D eigenvalue weighted by atomic mass is 16.5. The fourth-order valence-electron chi connectivity index (χ4n) is 6.90. The van der Waals surface area contributed by atoms with Crippen molar-refractivity contribution in [2.45, 2.75) is 102 Å². The Kier molecular flexibility index (Phi) is 6.75. The Morgan fingerprint density at radius 3 is 2.70 bits per heavy atom. The molecule has 1 saturated heterocycles. The molecule has 2 amide bonds. The quantitative estimate of drug-likeness (QED) is 0.436. The van der Waals surface area contributed by atoms with Crippen LogP contribution in [-0.4, -0.2) is 40.4 Å². The number of ether oxygens (including phenoxy) is 2. The van der Waals surface area contributed by atoms with E-state index in [9.17, 15) is 9.59 Å². The van der Waals surface area contributed by atoms with Crippen molar-refractivity contribution in [1.29, 1.82) is 5.41 Å². The van der Waals surface area contributed by atoms with E-state index in [-0.39, 0.29) is 29.9 Å². The summed E-state index contributed by atoms with van der Waals surface area (Å²) >= 11 is 0. The molecule has 7 aliphatic rings. The molecule has 40 heavy (non-hydrogen) atoms. The minimum Gasteiger partial charge on any atom is -0.493 e. The first-order valence-corrected chi connectivity index (χ1v) is 14.8. The molecule has 1 fully saturated rings. The molecule has 8 heteroatoms. The molecule has 9 rings (SSSR count). The molecule has 2 aromatic carbocycles. The summed E-state index contributed by atoms with van der Waals surface area (Å²) in [6.07, 6.45) is 7.24. The molecule has 2 aromatic rings. The lowest BCUT2D eigenvalue weighted by Crippen LogP contribution is -2.63. The average molecular weight is 545 g/mol. The Bertz CT molecular complexity index is 1330. The molecular formula is C32H40N4O4. The minimum atomic E-state index is -0.413. The smallest absolute Gasteiger partial charge is 0.251 e. The predicted molar refractivity (Wildman–Crippen MR) is 153 cm³/mol. The van der Waals surface area contributed by atoms with Crippen LogP contribution < -0.4 is 20.1 Å². The summed E-state index contributed by atoms with van der Waals surface area (Å²) in [5.74, 6) is 1.44. The molecule has 7 heterocycles. The number of hydrogen-bond acceptors (Lipinski definition) is 5. The Morgan fingerprint density at radius 1 is 1.05 bits per heavy atom. The van der Waals surface area contributed by atoms with Gasteiger partial charge in [0.15, 0.2) is 5.96 Å². The summed E-state index contributed by atoms with van der Waals surface area (Å²) in [5.41, 5.74) is 2.70. The number of benzene rings is 2. The summed E-state index contributed by atoms with van der Waals surface area (Å²) in [4.78, 5) is 28.9. The monoisotopic (exact) mass is 544 g/mol. The van der Waals surface area contributed by atoms with Crippen LogP contribution in [0.25, 0.3) is 0 Å². The van der Waals surface area contributed by atoms with Crippen LogP contribution in [0.15, 0.2) is 36.4 Å². The lowest BCUT2D eigenvalue weighted by molar-refractivity contribution is -0.133. The lowest BCUT2D eigenvalue weighted by Gasteiger charge is -2.46. The highest BCUT2D eigenvalue weighted by Gasteiger charge is 2.44. The summed E-state index contributed by atoms with van der Waals surface area (Å²) in [5, 5.41) is 15.6. The Hall–Kier alpha value is -3.55. The topological polar surface area (TPSA) is 104 Å². The van der Waals surface area contributed by atoms with Crippen molar-refractivity contribution in [2.75, 3.05) is 6.61 Å². The number of aryl methyl sites for hydroxylation is 1. The van der Waals surface area contributed by atoms with Gasteiger partial charge in [-0.2, -0.15) is 0 Å². The number of amides is 2. The van der Waals surface area contributed by atoms with E-state index in [0.29, 0.717) is 37.2 Å². The highest BCUT2D eigenvalue weighted by molar-refractivity contribution is 6.00. The Morgan fingerprint density at radius 2 is 1.90 bits per heavy atom. The molecule has 8 bridgehead atoms. The second kappa shape index (κ2) is 10.1. The minimum absolute atomic E-state index is 0.0378. The number of carbonyl (C=O) groups is 2. The highest BCUT2D eigenvalue weighted by Crippen LogP contribution is 2.42. The Balaban J connectivity index is 1.39. The third kappa shape index (κ3) is 4.93. The summed E-state index contributed by atoms with van der Waals surface area (Å²) in [7, 11) is 0. The SMILES string of the molecule is CC[C@]12CCCCCc3ccc4c(c3)OC(C)(C)C[C@@H]4NC(=O)c3ccc4c(c3)[C@@H](CCO4)N(C(=N)N1)C(=O)C2. The zero-order chi connectivity index (χ0) is 28.1. The van der Waals surface area contributed by atoms with Crippen molar-refractivity contribution in [1.82, 2.24) is 15.5 Å². The van der Waals surface area contributed by atoms with Crippen LogP contribution in [0.3, 0.4) is 0 Å². The fraction of sp³-hybridized carbons (Fsp3) is 0.531. The standard InChI is InChI=1S/C32H40N4O4/c1-4-32-14-7-5-6-8-20-9-11-22-24(18-31(2,3)40-27(22)16-20)34-29(38)21-10-12-26-23(17-21)25(13-15-39-26)36(28(37)19-32)30(33)35-32/h9-12,16-17,24-25H,4-8,13-15,18-19H2,1-3H3,(H2,33,35)(H,34,38)/t24-,25+,32+/m0/s1. The van der Waals surface area contributed by atoms with Crippen LogP contribution >= 0.6 is 0 Å².